The Morgan fingerprint density at radius 1 is 1.20 bits per heavy atom. The summed E-state index contributed by atoms with van der Waals surface area (Å²) in [6.07, 6.45) is 1.19. The number of para-hydroxylation sites is 1. The predicted molar refractivity (Wildman–Crippen MR) is 75.4 cm³/mol. The molecule has 0 aliphatic carbocycles. The largest absolute Gasteiger partial charge is 0.496 e. The standard InChI is InChI=1S/C15H20N2O3/c1-4-15(5-2)13(18)16-14(19)17(15)10-11-8-6-7-9-12(11)20-3/h6-9H,4-5,10H2,1-3H3,(H,16,18,19). The van der Waals surface area contributed by atoms with Crippen LogP contribution in [0, 0.1) is 0 Å². The summed E-state index contributed by atoms with van der Waals surface area (Å²) >= 11 is 0. The number of nitrogens with one attached hydrogen (secondary N) is 1. The lowest BCUT2D eigenvalue weighted by molar-refractivity contribution is -0.127. The van der Waals surface area contributed by atoms with Crippen LogP contribution in [-0.2, 0) is 11.3 Å². The molecule has 5 nitrogen and oxygen atoms in total. The third-order valence-electron chi connectivity index (χ3n) is 4.10. The molecule has 0 unspecified atom stereocenters. The number of nitrogens with zero attached hydrogens (tertiary/aromatic N) is 1. The normalized spacial score (nSPS) is 17.2. The third-order valence-corrected chi connectivity index (χ3v) is 4.10. The molecule has 0 radical (unpaired) electrons. The second kappa shape index (κ2) is 5.53. The number of hydrogen-bond donors (Lipinski definition) is 1. The molecule has 0 bridgehead atoms. The number of methoxy groups -OCH3 is 1. The van der Waals surface area contributed by atoms with Gasteiger partial charge in [0.1, 0.15) is 11.3 Å². The first-order valence-corrected chi connectivity index (χ1v) is 6.84. The Balaban J connectivity index is 2.35. The third kappa shape index (κ3) is 2.13. The van der Waals surface area contributed by atoms with Crippen molar-refractivity contribution < 1.29 is 14.3 Å². The van der Waals surface area contributed by atoms with Crippen molar-refractivity contribution in [2.45, 2.75) is 38.8 Å². The summed E-state index contributed by atoms with van der Waals surface area (Å²) in [5.41, 5.74) is 0.143. The minimum atomic E-state index is -0.752. The van der Waals surface area contributed by atoms with E-state index in [1.165, 1.54) is 0 Å². The van der Waals surface area contributed by atoms with Crippen molar-refractivity contribution in [3.63, 3.8) is 0 Å². The van der Waals surface area contributed by atoms with Crippen LogP contribution in [0.5, 0.6) is 5.75 Å². The van der Waals surface area contributed by atoms with Crippen molar-refractivity contribution in [3.05, 3.63) is 29.8 Å². The molecule has 1 aliphatic heterocycles. The molecule has 108 valence electrons. The molecular weight excluding hydrogens is 256 g/mol. The zero-order valence-electron chi connectivity index (χ0n) is 12.1. The van der Waals surface area contributed by atoms with Gasteiger partial charge >= 0.3 is 6.03 Å². The Morgan fingerprint density at radius 3 is 2.45 bits per heavy atom. The number of amides is 3. The molecule has 0 saturated carbocycles. The molecule has 3 amide bonds. The van der Waals surface area contributed by atoms with Crippen molar-refractivity contribution in [1.82, 2.24) is 10.2 Å². The van der Waals surface area contributed by atoms with E-state index in [1.54, 1.807) is 12.0 Å². The number of hydrogen-bond acceptors (Lipinski definition) is 3. The van der Waals surface area contributed by atoms with Gasteiger partial charge in [0.2, 0.25) is 0 Å². The predicted octanol–water partition coefficient (Wildman–Crippen LogP) is 2.31. The Bertz CT molecular complexity index is 524. The Labute approximate surface area is 118 Å². The molecule has 20 heavy (non-hydrogen) atoms. The quantitative estimate of drug-likeness (QED) is 0.840. The molecule has 1 aromatic rings. The van der Waals surface area contributed by atoms with Gasteiger partial charge in [-0.05, 0) is 18.9 Å². The van der Waals surface area contributed by atoms with Crippen LogP contribution in [0.2, 0.25) is 0 Å². The van der Waals surface area contributed by atoms with Crippen LogP contribution in [0.25, 0.3) is 0 Å². The smallest absolute Gasteiger partial charge is 0.325 e. The molecule has 1 heterocycles. The van der Waals surface area contributed by atoms with E-state index >= 15 is 0 Å². The summed E-state index contributed by atoms with van der Waals surface area (Å²) in [6.45, 7) is 4.22. The number of rotatable bonds is 5. The highest BCUT2D eigenvalue weighted by Gasteiger charge is 2.50. The lowest BCUT2D eigenvalue weighted by atomic mass is 9.91. The highest BCUT2D eigenvalue weighted by Crippen LogP contribution is 2.32. The maximum absolute atomic E-state index is 12.1. The summed E-state index contributed by atoms with van der Waals surface area (Å²) in [5, 5.41) is 2.42. The Hall–Kier alpha value is -2.04. The van der Waals surface area contributed by atoms with Gasteiger partial charge in [0.25, 0.3) is 5.91 Å². The van der Waals surface area contributed by atoms with Crippen molar-refractivity contribution in [1.29, 1.82) is 0 Å². The number of urea groups is 1. The van der Waals surface area contributed by atoms with Crippen molar-refractivity contribution in [2.24, 2.45) is 0 Å². The van der Waals surface area contributed by atoms with Gasteiger partial charge in [-0.1, -0.05) is 32.0 Å². The first kappa shape index (κ1) is 14.4. The van der Waals surface area contributed by atoms with Gasteiger partial charge in [0.05, 0.1) is 13.7 Å². The fraction of sp³-hybridized carbons (Fsp3) is 0.467. The van der Waals surface area contributed by atoms with Crippen LogP contribution >= 0.6 is 0 Å². The number of carbonyl (C=O) groups excluding carboxylic acids is 2. The van der Waals surface area contributed by atoms with Crippen LogP contribution in [0.4, 0.5) is 4.79 Å². The summed E-state index contributed by atoms with van der Waals surface area (Å²) in [4.78, 5) is 25.8. The zero-order valence-corrected chi connectivity index (χ0v) is 12.1. The van der Waals surface area contributed by atoms with Gasteiger partial charge in [0, 0.05) is 5.56 Å². The number of carbonyl (C=O) groups is 2. The minimum Gasteiger partial charge on any atom is -0.496 e. The van der Waals surface area contributed by atoms with Crippen LogP contribution in [0.15, 0.2) is 24.3 Å². The van der Waals surface area contributed by atoms with Crippen molar-refractivity contribution in [3.8, 4) is 5.75 Å². The summed E-state index contributed by atoms with van der Waals surface area (Å²) in [5.74, 6) is 0.517. The molecular formula is C15H20N2O3. The van der Waals surface area contributed by atoms with Crippen molar-refractivity contribution in [2.75, 3.05) is 7.11 Å². The maximum Gasteiger partial charge on any atom is 0.325 e. The molecule has 1 fully saturated rings. The molecule has 1 aromatic carbocycles. The second-order valence-corrected chi connectivity index (χ2v) is 4.90. The zero-order chi connectivity index (χ0) is 14.8. The topological polar surface area (TPSA) is 58.6 Å². The van der Waals surface area contributed by atoms with E-state index in [0.717, 1.165) is 11.3 Å². The van der Waals surface area contributed by atoms with Crippen LogP contribution < -0.4 is 10.1 Å². The molecule has 1 saturated heterocycles. The minimum absolute atomic E-state index is 0.206. The SMILES string of the molecule is CCC1(CC)C(=O)NC(=O)N1Cc1ccccc1OC. The average molecular weight is 276 g/mol. The van der Waals surface area contributed by atoms with E-state index in [2.05, 4.69) is 5.32 Å². The lowest BCUT2D eigenvalue weighted by Crippen LogP contribution is -2.48. The fourth-order valence-electron chi connectivity index (χ4n) is 2.78. The fourth-order valence-corrected chi connectivity index (χ4v) is 2.78. The summed E-state index contributed by atoms with van der Waals surface area (Å²) in [7, 11) is 1.60. The van der Waals surface area contributed by atoms with E-state index in [1.807, 2.05) is 38.1 Å². The first-order valence-electron chi connectivity index (χ1n) is 6.84. The molecule has 1 aliphatic rings. The Morgan fingerprint density at radius 2 is 1.85 bits per heavy atom. The number of ether oxygens (including phenoxy) is 1. The van der Waals surface area contributed by atoms with Gasteiger partial charge in [-0.25, -0.2) is 4.79 Å². The van der Waals surface area contributed by atoms with E-state index < -0.39 is 5.54 Å². The molecule has 0 aromatic heterocycles. The molecule has 0 atom stereocenters. The van der Waals surface area contributed by atoms with Gasteiger partial charge < -0.3 is 9.64 Å². The van der Waals surface area contributed by atoms with Crippen LogP contribution in [0.3, 0.4) is 0 Å². The number of imide groups is 1. The van der Waals surface area contributed by atoms with Crippen LogP contribution in [0.1, 0.15) is 32.3 Å². The molecule has 0 spiro atoms. The van der Waals surface area contributed by atoms with E-state index in [9.17, 15) is 9.59 Å². The van der Waals surface area contributed by atoms with Crippen molar-refractivity contribution >= 4 is 11.9 Å². The average Bonchev–Trinajstić information content (AvgIpc) is 2.70. The monoisotopic (exact) mass is 276 g/mol. The van der Waals surface area contributed by atoms with Gasteiger partial charge in [-0.2, -0.15) is 0 Å². The highest BCUT2D eigenvalue weighted by molar-refractivity contribution is 6.06. The second-order valence-electron chi connectivity index (χ2n) is 4.90. The van der Waals surface area contributed by atoms with Crippen LogP contribution in [-0.4, -0.2) is 29.5 Å². The first-order chi connectivity index (χ1) is 9.58. The number of benzene rings is 1. The lowest BCUT2D eigenvalue weighted by Gasteiger charge is -2.33. The summed E-state index contributed by atoms with van der Waals surface area (Å²) < 4.78 is 5.31. The molecule has 2 rings (SSSR count). The Kier molecular flexibility index (Phi) is 3.97. The molecule has 5 heteroatoms. The molecule has 1 N–H and O–H groups in total. The van der Waals surface area contributed by atoms with E-state index in [4.69, 9.17) is 4.74 Å². The van der Waals surface area contributed by atoms with Gasteiger partial charge in [-0.15, -0.1) is 0 Å². The van der Waals surface area contributed by atoms with Gasteiger partial charge in [-0.3, -0.25) is 10.1 Å². The van der Waals surface area contributed by atoms with Gasteiger partial charge in [0.15, 0.2) is 0 Å². The van der Waals surface area contributed by atoms with E-state index in [0.29, 0.717) is 19.4 Å². The van der Waals surface area contributed by atoms with E-state index in [-0.39, 0.29) is 11.9 Å². The maximum atomic E-state index is 12.1. The summed E-state index contributed by atoms with van der Waals surface area (Å²) in [6, 6.07) is 7.21. The highest BCUT2D eigenvalue weighted by atomic mass is 16.5.